The number of rotatable bonds is 7. The Hall–Kier alpha value is -4.49. The minimum Gasteiger partial charge on any atom is -0.497 e. The van der Waals surface area contributed by atoms with Crippen LogP contribution in [0.15, 0.2) is 70.7 Å². The van der Waals surface area contributed by atoms with E-state index in [1.807, 2.05) is 6.07 Å². The summed E-state index contributed by atoms with van der Waals surface area (Å²) in [5, 5.41) is 23.2. The summed E-state index contributed by atoms with van der Waals surface area (Å²) in [6, 6.07) is 16.9. The number of methoxy groups -OCH3 is 1. The molecule has 0 aliphatic rings. The van der Waals surface area contributed by atoms with E-state index in [-0.39, 0.29) is 28.3 Å². The third-order valence-corrected chi connectivity index (χ3v) is 5.34. The van der Waals surface area contributed by atoms with E-state index < -0.39 is 16.8 Å². The Kier molecular flexibility index (Phi) is 7.96. The molecule has 0 atom stereocenters. The number of hydrogen-bond acceptors (Lipinski definition) is 7. The maximum absolute atomic E-state index is 12.8. The van der Waals surface area contributed by atoms with Gasteiger partial charge in [-0.3, -0.25) is 14.9 Å². The fraction of sp³-hybridized carbons (Fsp3) is 0.0800. The quantitative estimate of drug-likeness (QED) is 0.106. The van der Waals surface area contributed by atoms with Crippen LogP contribution in [0.1, 0.15) is 21.5 Å². The van der Waals surface area contributed by atoms with E-state index in [0.29, 0.717) is 21.3 Å². The second-order valence-electron chi connectivity index (χ2n) is 7.18. The van der Waals surface area contributed by atoms with Gasteiger partial charge in [0.15, 0.2) is 0 Å². The summed E-state index contributed by atoms with van der Waals surface area (Å²) in [4.78, 5) is 35.9. The van der Waals surface area contributed by atoms with Gasteiger partial charge in [0.2, 0.25) is 0 Å². The minimum atomic E-state index is -0.775. The first-order valence-electron chi connectivity index (χ1n) is 10.1. The van der Waals surface area contributed by atoms with Gasteiger partial charge in [-0.05, 0) is 61.0 Å². The zero-order chi connectivity index (χ0) is 25.5. The normalized spacial score (nSPS) is 10.7. The van der Waals surface area contributed by atoms with Gasteiger partial charge in [-0.25, -0.2) is 4.79 Å². The lowest BCUT2D eigenvalue weighted by Gasteiger charge is -2.10. The Bertz CT molecular complexity index is 1380. The molecule has 0 aliphatic heterocycles. The largest absolute Gasteiger partial charge is 0.497 e. The molecule has 35 heavy (non-hydrogen) atoms. The van der Waals surface area contributed by atoms with E-state index in [4.69, 9.17) is 9.47 Å². The lowest BCUT2D eigenvalue weighted by atomic mass is 10.1. The van der Waals surface area contributed by atoms with Crippen molar-refractivity contribution in [2.75, 3.05) is 12.4 Å². The molecule has 1 N–H and O–H groups in total. The average Bonchev–Trinajstić information content (AvgIpc) is 2.85. The van der Waals surface area contributed by atoms with Crippen LogP contribution in [0.4, 0.5) is 11.4 Å². The zero-order valence-corrected chi connectivity index (χ0v) is 20.2. The van der Waals surface area contributed by atoms with Crippen LogP contribution in [0.2, 0.25) is 0 Å². The number of hydrogen-bond donors (Lipinski definition) is 1. The predicted octanol–water partition coefficient (Wildman–Crippen LogP) is 5.44. The molecular weight excluding hydrogens is 518 g/mol. The lowest BCUT2D eigenvalue weighted by Crippen LogP contribution is -2.15. The monoisotopic (exact) mass is 535 g/mol. The molecule has 0 saturated carbocycles. The number of anilines is 1. The van der Waals surface area contributed by atoms with Crippen LogP contribution in [0.5, 0.6) is 11.5 Å². The number of nitrogens with zero attached hydrogens (tertiary/aromatic N) is 2. The van der Waals surface area contributed by atoms with Gasteiger partial charge in [-0.1, -0.05) is 22.0 Å². The van der Waals surface area contributed by atoms with E-state index >= 15 is 0 Å². The van der Waals surface area contributed by atoms with Crippen molar-refractivity contribution in [1.82, 2.24) is 0 Å². The van der Waals surface area contributed by atoms with Crippen LogP contribution in [0.25, 0.3) is 6.08 Å². The summed E-state index contributed by atoms with van der Waals surface area (Å²) in [6.45, 7) is 1.67. The van der Waals surface area contributed by atoms with Crippen molar-refractivity contribution >= 4 is 45.3 Å². The molecule has 0 bridgehead atoms. The summed E-state index contributed by atoms with van der Waals surface area (Å²) < 4.78 is 11.2. The molecule has 176 valence electrons. The molecule has 0 heterocycles. The topological polar surface area (TPSA) is 132 Å². The standard InChI is InChI=1S/C25H18BrN3O6/c1-15-3-7-20(29(32)33)13-22(15)28-24(30)18(14-27)11-17-12-19(26)6-10-23(17)35-25(31)16-4-8-21(34-2)9-5-16/h3-13H,1-2H3,(H,28,30)/b18-11+. The highest BCUT2D eigenvalue weighted by atomic mass is 79.9. The number of amides is 1. The van der Waals surface area contributed by atoms with Crippen LogP contribution in [0.3, 0.4) is 0 Å². The van der Waals surface area contributed by atoms with Gasteiger partial charge in [0.25, 0.3) is 11.6 Å². The van der Waals surface area contributed by atoms with Gasteiger partial charge in [0.1, 0.15) is 23.1 Å². The summed E-state index contributed by atoms with van der Waals surface area (Å²) in [5.74, 6) is -0.707. The highest BCUT2D eigenvalue weighted by molar-refractivity contribution is 9.10. The van der Waals surface area contributed by atoms with Crippen molar-refractivity contribution < 1.29 is 24.0 Å². The Morgan fingerprint density at radius 3 is 2.46 bits per heavy atom. The van der Waals surface area contributed by atoms with Gasteiger partial charge >= 0.3 is 5.97 Å². The molecule has 0 aromatic heterocycles. The number of non-ortho nitro benzene ring substituents is 1. The number of nitro groups is 1. The lowest BCUT2D eigenvalue weighted by molar-refractivity contribution is -0.384. The molecule has 0 spiro atoms. The van der Waals surface area contributed by atoms with Crippen LogP contribution >= 0.6 is 15.9 Å². The van der Waals surface area contributed by atoms with Gasteiger partial charge in [-0.15, -0.1) is 0 Å². The number of nitro benzene ring substituents is 1. The Morgan fingerprint density at radius 2 is 1.83 bits per heavy atom. The second kappa shape index (κ2) is 11.1. The van der Waals surface area contributed by atoms with Crippen molar-refractivity contribution in [2.24, 2.45) is 0 Å². The highest BCUT2D eigenvalue weighted by Crippen LogP contribution is 2.28. The second-order valence-corrected chi connectivity index (χ2v) is 8.10. The van der Waals surface area contributed by atoms with Gasteiger partial charge in [0, 0.05) is 22.2 Å². The first-order valence-corrected chi connectivity index (χ1v) is 10.8. The molecule has 0 aliphatic carbocycles. The molecule has 10 heteroatoms. The Labute approximate surface area is 208 Å². The number of halogens is 1. The van der Waals surface area contributed by atoms with Crippen LogP contribution in [-0.4, -0.2) is 23.9 Å². The van der Waals surface area contributed by atoms with Crippen LogP contribution < -0.4 is 14.8 Å². The number of ether oxygens (including phenoxy) is 2. The maximum Gasteiger partial charge on any atom is 0.343 e. The van der Waals surface area contributed by atoms with Crippen LogP contribution in [-0.2, 0) is 4.79 Å². The van der Waals surface area contributed by atoms with Gasteiger partial charge < -0.3 is 14.8 Å². The molecule has 3 aromatic carbocycles. The van der Waals surface area contributed by atoms with Crippen LogP contribution in [0, 0.1) is 28.4 Å². The third-order valence-electron chi connectivity index (χ3n) is 4.85. The zero-order valence-electron chi connectivity index (χ0n) is 18.6. The number of nitrogens with one attached hydrogen (secondary N) is 1. The minimum absolute atomic E-state index is 0.126. The van der Waals surface area contributed by atoms with Gasteiger partial charge in [0.05, 0.1) is 23.3 Å². The van der Waals surface area contributed by atoms with Crippen molar-refractivity contribution in [3.8, 4) is 17.6 Å². The summed E-state index contributed by atoms with van der Waals surface area (Å²) in [6.07, 6.45) is 1.27. The molecule has 0 radical (unpaired) electrons. The number of carbonyl (C=O) groups is 2. The highest BCUT2D eigenvalue weighted by Gasteiger charge is 2.17. The number of aryl methyl sites for hydroxylation is 1. The SMILES string of the molecule is COc1ccc(C(=O)Oc2ccc(Br)cc2/C=C(\C#N)C(=O)Nc2cc([N+](=O)[O-])ccc2C)cc1. The Morgan fingerprint density at radius 1 is 1.11 bits per heavy atom. The van der Waals surface area contributed by atoms with Gasteiger partial charge in [-0.2, -0.15) is 5.26 Å². The molecule has 3 rings (SSSR count). The molecule has 9 nitrogen and oxygen atoms in total. The van der Waals surface area contributed by atoms with E-state index in [1.54, 1.807) is 43.3 Å². The smallest absolute Gasteiger partial charge is 0.343 e. The number of nitriles is 1. The number of esters is 1. The molecule has 0 fully saturated rings. The first kappa shape index (κ1) is 25.1. The molecule has 0 unspecified atom stereocenters. The fourth-order valence-corrected chi connectivity index (χ4v) is 3.34. The number of benzene rings is 3. The maximum atomic E-state index is 12.8. The predicted molar refractivity (Wildman–Crippen MR) is 132 cm³/mol. The Balaban J connectivity index is 1.89. The molecule has 3 aromatic rings. The fourth-order valence-electron chi connectivity index (χ4n) is 2.96. The van der Waals surface area contributed by atoms with E-state index in [0.717, 1.165) is 0 Å². The third kappa shape index (κ3) is 6.31. The van der Waals surface area contributed by atoms with E-state index in [1.165, 1.54) is 37.5 Å². The van der Waals surface area contributed by atoms with E-state index in [2.05, 4.69) is 21.2 Å². The first-order chi connectivity index (χ1) is 16.7. The molecular formula is C25H18BrN3O6. The van der Waals surface area contributed by atoms with E-state index in [9.17, 15) is 25.0 Å². The molecule has 1 amide bonds. The summed E-state index contributed by atoms with van der Waals surface area (Å²) in [7, 11) is 1.51. The van der Waals surface area contributed by atoms with Crippen molar-refractivity contribution in [2.45, 2.75) is 6.92 Å². The summed E-state index contributed by atoms with van der Waals surface area (Å²) in [5.41, 5.74) is 0.860. The van der Waals surface area contributed by atoms with Crippen molar-refractivity contribution in [3.63, 3.8) is 0 Å². The average molecular weight is 536 g/mol. The molecule has 0 saturated heterocycles. The number of carbonyl (C=O) groups excluding carboxylic acids is 2. The summed E-state index contributed by atoms with van der Waals surface area (Å²) >= 11 is 3.33. The van der Waals surface area contributed by atoms with Crippen molar-refractivity contribution in [1.29, 1.82) is 5.26 Å². The van der Waals surface area contributed by atoms with Crippen molar-refractivity contribution in [3.05, 3.63) is 97.5 Å².